The van der Waals surface area contributed by atoms with Gasteiger partial charge in [0.2, 0.25) is 0 Å². The van der Waals surface area contributed by atoms with Gasteiger partial charge >= 0.3 is 0 Å². The third-order valence-corrected chi connectivity index (χ3v) is 3.20. The number of nitrogens with one attached hydrogen (secondary N) is 1. The van der Waals surface area contributed by atoms with Crippen molar-refractivity contribution in [3.63, 3.8) is 0 Å². The molecule has 2 rings (SSSR count). The maximum absolute atomic E-state index is 14.0. The highest BCUT2D eigenvalue weighted by atomic mass is 19.1. The van der Waals surface area contributed by atoms with E-state index in [1.54, 1.807) is 24.5 Å². The first-order valence-corrected chi connectivity index (χ1v) is 6.93. The lowest BCUT2D eigenvalue weighted by Crippen LogP contribution is -2.21. The molecule has 0 fully saturated rings. The Labute approximate surface area is 119 Å². The van der Waals surface area contributed by atoms with Crippen LogP contribution in [0.4, 0.5) is 15.8 Å². The molecule has 1 aromatic carbocycles. The highest BCUT2D eigenvalue weighted by Gasteiger charge is 2.14. The largest absolute Gasteiger partial charge is 0.338 e. The Balaban J connectivity index is 2.39. The van der Waals surface area contributed by atoms with E-state index >= 15 is 0 Å². The summed E-state index contributed by atoms with van der Waals surface area (Å²) in [5.41, 5.74) is 2.65. The smallest absolute Gasteiger partial charge is 0.146 e. The van der Waals surface area contributed by atoms with E-state index in [0.29, 0.717) is 12.2 Å². The van der Waals surface area contributed by atoms with E-state index in [1.165, 1.54) is 6.07 Å². The second kappa shape index (κ2) is 7.01. The topological polar surface area (TPSA) is 28.2 Å². The van der Waals surface area contributed by atoms with E-state index in [0.717, 1.165) is 24.3 Å². The molecule has 0 aliphatic carbocycles. The number of rotatable bonds is 6. The van der Waals surface area contributed by atoms with Crippen LogP contribution in [0.25, 0.3) is 0 Å². The zero-order chi connectivity index (χ0) is 14.4. The molecule has 0 aliphatic rings. The van der Waals surface area contributed by atoms with E-state index in [4.69, 9.17) is 0 Å². The SMILES string of the molecule is CCNCc1ccncc1N(CC)c1ccccc1F. The first-order valence-electron chi connectivity index (χ1n) is 6.93. The zero-order valence-electron chi connectivity index (χ0n) is 11.9. The minimum absolute atomic E-state index is 0.215. The molecule has 4 heteroatoms. The second-order valence-corrected chi connectivity index (χ2v) is 4.48. The van der Waals surface area contributed by atoms with E-state index in [2.05, 4.69) is 17.2 Å². The van der Waals surface area contributed by atoms with Gasteiger partial charge in [0.1, 0.15) is 5.82 Å². The summed E-state index contributed by atoms with van der Waals surface area (Å²) in [6, 6.07) is 8.81. The van der Waals surface area contributed by atoms with E-state index < -0.39 is 0 Å². The van der Waals surface area contributed by atoms with Crippen molar-refractivity contribution in [2.24, 2.45) is 0 Å². The molecule has 0 saturated carbocycles. The maximum atomic E-state index is 14.0. The average Bonchev–Trinajstić information content (AvgIpc) is 2.49. The molecule has 0 aliphatic heterocycles. The standard InChI is InChI=1S/C16H20FN3/c1-3-18-11-13-9-10-19-12-16(13)20(4-2)15-8-6-5-7-14(15)17/h5-10,12,18H,3-4,11H2,1-2H3. The molecule has 106 valence electrons. The number of anilines is 2. The van der Waals surface area contributed by atoms with Crippen LogP contribution in [-0.2, 0) is 6.54 Å². The van der Waals surface area contributed by atoms with Gasteiger partial charge < -0.3 is 10.2 Å². The quantitative estimate of drug-likeness (QED) is 0.873. The lowest BCUT2D eigenvalue weighted by molar-refractivity contribution is 0.625. The molecule has 0 atom stereocenters. The molecule has 0 amide bonds. The van der Waals surface area contributed by atoms with Crippen molar-refractivity contribution in [1.82, 2.24) is 10.3 Å². The van der Waals surface area contributed by atoms with Crippen LogP contribution in [0.15, 0.2) is 42.7 Å². The first kappa shape index (κ1) is 14.5. The Bertz CT molecular complexity index is 557. The first-order chi connectivity index (χ1) is 9.77. The zero-order valence-corrected chi connectivity index (χ0v) is 11.9. The number of aromatic nitrogens is 1. The number of halogens is 1. The van der Waals surface area contributed by atoms with Gasteiger partial charge in [-0.2, -0.15) is 0 Å². The van der Waals surface area contributed by atoms with Crippen LogP contribution in [0.1, 0.15) is 19.4 Å². The number of pyridine rings is 1. The van der Waals surface area contributed by atoms with Gasteiger partial charge in [0, 0.05) is 19.3 Å². The van der Waals surface area contributed by atoms with Gasteiger partial charge in [0.05, 0.1) is 17.6 Å². The lowest BCUT2D eigenvalue weighted by atomic mass is 10.1. The minimum atomic E-state index is -0.215. The van der Waals surface area contributed by atoms with E-state index in [-0.39, 0.29) is 5.82 Å². The highest BCUT2D eigenvalue weighted by Crippen LogP contribution is 2.29. The highest BCUT2D eigenvalue weighted by molar-refractivity contribution is 5.65. The van der Waals surface area contributed by atoms with Crippen molar-refractivity contribution in [3.8, 4) is 0 Å². The molecular formula is C16H20FN3. The van der Waals surface area contributed by atoms with Crippen molar-refractivity contribution >= 4 is 11.4 Å². The molecule has 1 heterocycles. The van der Waals surface area contributed by atoms with E-state index in [1.807, 2.05) is 24.0 Å². The monoisotopic (exact) mass is 273 g/mol. The molecule has 0 bridgehead atoms. The lowest BCUT2D eigenvalue weighted by Gasteiger charge is -2.26. The number of nitrogens with zero attached hydrogens (tertiary/aromatic N) is 2. The molecule has 0 spiro atoms. The van der Waals surface area contributed by atoms with Gasteiger partial charge in [0.15, 0.2) is 0 Å². The van der Waals surface area contributed by atoms with Crippen LogP contribution < -0.4 is 10.2 Å². The average molecular weight is 273 g/mol. The molecule has 0 radical (unpaired) electrons. The molecule has 0 unspecified atom stereocenters. The summed E-state index contributed by atoms with van der Waals surface area (Å²) in [5.74, 6) is -0.215. The third-order valence-electron chi connectivity index (χ3n) is 3.20. The summed E-state index contributed by atoms with van der Waals surface area (Å²) in [7, 11) is 0. The molecule has 2 aromatic rings. The van der Waals surface area contributed by atoms with Crippen LogP contribution in [0.5, 0.6) is 0 Å². The number of para-hydroxylation sites is 1. The fourth-order valence-electron chi connectivity index (χ4n) is 2.21. The summed E-state index contributed by atoms with van der Waals surface area (Å²) in [4.78, 5) is 6.14. The predicted octanol–water partition coefficient (Wildman–Crippen LogP) is 3.49. The van der Waals surface area contributed by atoms with Crippen molar-refractivity contribution in [2.45, 2.75) is 20.4 Å². The summed E-state index contributed by atoms with van der Waals surface area (Å²) in [5, 5.41) is 3.30. The van der Waals surface area contributed by atoms with Gasteiger partial charge in [-0.3, -0.25) is 4.98 Å². The Kier molecular flexibility index (Phi) is 5.07. The second-order valence-electron chi connectivity index (χ2n) is 4.48. The number of hydrogen-bond acceptors (Lipinski definition) is 3. The van der Waals surface area contributed by atoms with Crippen molar-refractivity contribution < 1.29 is 4.39 Å². The summed E-state index contributed by atoms with van der Waals surface area (Å²) in [6.45, 7) is 6.41. The molecule has 3 nitrogen and oxygen atoms in total. The van der Waals surface area contributed by atoms with Crippen molar-refractivity contribution in [1.29, 1.82) is 0 Å². The summed E-state index contributed by atoms with van der Waals surface area (Å²) >= 11 is 0. The number of benzene rings is 1. The fraction of sp³-hybridized carbons (Fsp3) is 0.312. The normalized spacial score (nSPS) is 10.6. The van der Waals surface area contributed by atoms with E-state index in [9.17, 15) is 4.39 Å². The van der Waals surface area contributed by atoms with Crippen LogP contribution in [0.2, 0.25) is 0 Å². The molecule has 1 N–H and O–H groups in total. The fourth-order valence-corrected chi connectivity index (χ4v) is 2.21. The van der Waals surface area contributed by atoms with Crippen LogP contribution >= 0.6 is 0 Å². The van der Waals surface area contributed by atoms with Crippen LogP contribution in [0, 0.1) is 5.82 Å². The van der Waals surface area contributed by atoms with Crippen molar-refractivity contribution in [3.05, 3.63) is 54.1 Å². The van der Waals surface area contributed by atoms with Gasteiger partial charge in [-0.25, -0.2) is 4.39 Å². The summed E-state index contributed by atoms with van der Waals surface area (Å²) < 4.78 is 14.0. The van der Waals surface area contributed by atoms with Crippen molar-refractivity contribution in [2.75, 3.05) is 18.0 Å². The summed E-state index contributed by atoms with van der Waals surface area (Å²) in [6.07, 6.45) is 3.56. The van der Waals surface area contributed by atoms with Gasteiger partial charge in [-0.05, 0) is 37.2 Å². The minimum Gasteiger partial charge on any atom is -0.338 e. The maximum Gasteiger partial charge on any atom is 0.146 e. The van der Waals surface area contributed by atoms with Gasteiger partial charge in [-0.15, -0.1) is 0 Å². The predicted molar refractivity (Wildman–Crippen MR) is 80.7 cm³/mol. The third kappa shape index (κ3) is 3.14. The van der Waals surface area contributed by atoms with Crippen LogP contribution in [0.3, 0.4) is 0 Å². The molecule has 20 heavy (non-hydrogen) atoms. The molecular weight excluding hydrogens is 253 g/mol. The number of hydrogen-bond donors (Lipinski definition) is 1. The molecule has 0 saturated heterocycles. The van der Waals surface area contributed by atoms with Crippen LogP contribution in [-0.4, -0.2) is 18.1 Å². The Morgan fingerprint density at radius 1 is 1.15 bits per heavy atom. The Morgan fingerprint density at radius 2 is 1.95 bits per heavy atom. The molecule has 1 aromatic heterocycles. The Morgan fingerprint density at radius 3 is 2.65 bits per heavy atom. The van der Waals surface area contributed by atoms with Gasteiger partial charge in [-0.1, -0.05) is 19.1 Å². The van der Waals surface area contributed by atoms with Gasteiger partial charge in [0.25, 0.3) is 0 Å². The Hall–Kier alpha value is -1.94.